The van der Waals surface area contributed by atoms with Crippen molar-refractivity contribution in [1.82, 2.24) is 0 Å². The van der Waals surface area contributed by atoms with Gasteiger partial charge in [0.05, 0.1) is 0 Å². The summed E-state index contributed by atoms with van der Waals surface area (Å²) in [6.07, 6.45) is -9.83. The first-order valence-corrected chi connectivity index (χ1v) is 4.56. The Kier molecular flexibility index (Phi) is 9.20. The van der Waals surface area contributed by atoms with Gasteiger partial charge in [0.2, 0.25) is 0 Å². The fraction of sp³-hybridized carbons (Fsp3) is 0.875. The Morgan fingerprint density at radius 3 is 1.00 bits per heavy atom. The minimum absolute atomic E-state index is 0. The van der Waals surface area contributed by atoms with Crippen LogP contribution in [0.2, 0.25) is 0 Å². The molecular formula is C8H4F13IMg. The van der Waals surface area contributed by atoms with Gasteiger partial charge in [0, 0.05) is 0 Å². The molecule has 0 rings (SSSR count). The van der Waals surface area contributed by atoms with E-state index in [4.69, 9.17) is 0 Å². The van der Waals surface area contributed by atoms with E-state index in [0.29, 0.717) is 0 Å². The van der Waals surface area contributed by atoms with E-state index in [0.717, 1.165) is 0 Å². The molecule has 0 atom stereocenters. The van der Waals surface area contributed by atoms with E-state index in [2.05, 4.69) is 0 Å². The second-order valence-corrected chi connectivity index (χ2v) is 3.75. The van der Waals surface area contributed by atoms with Crippen LogP contribution in [0.3, 0.4) is 0 Å². The zero-order valence-electron chi connectivity index (χ0n) is 10.4. The monoisotopic (exact) mass is 498 g/mol. The summed E-state index contributed by atoms with van der Waals surface area (Å²) in [4.78, 5) is 0. The Hall–Kier alpha value is 0.586. The number of hydrogen-bond donors (Lipinski definition) is 0. The summed E-state index contributed by atoms with van der Waals surface area (Å²) < 4.78 is 160. The third kappa shape index (κ3) is 4.05. The maximum Gasteiger partial charge on any atom is 2.00 e. The van der Waals surface area contributed by atoms with Gasteiger partial charge in [0.15, 0.2) is 0 Å². The quantitative estimate of drug-likeness (QED) is 0.234. The molecule has 0 aromatic heterocycles. The predicted molar refractivity (Wildman–Crippen MR) is 46.5 cm³/mol. The molecule has 0 nitrogen and oxygen atoms in total. The molecule has 136 valence electrons. The maximum absolute atomic E-state index is 12.7. The molecule has 0 aromatic rings. The Balaban J connectivity index is -0.00000200. The normalized spacial score (nSPS) is 14.9. The van der Waals surface area contributed by atoms with Crippen molar-refractivity contribution in [3.8, 4) is 0 Å². The minimum atomic E-state index is -7.83. The van der Waals surface area contributed by atoms with Gasteiger partial charge in [-0.05, 0) is 0 Å². The van der Waals surface area contributed by atoms with Crippen LogP contribution in [0, 0.1) is 6.92 Å². The minimum Gasteiger partial charge on any atom is -1.00 e. The van der Waals surface area contributed by atoms with Crippen LogP contribution in [0.1, 0.15) is 6.42 Å². The van der Waals surface area contributed by atoms with E-state index in [1.807, 2.05) is 6.92 Å². The van der Waals surface area contributed by atoms with Gasteiger partial charge in [-0.15, -0.1) is 6.42 Å². The number of halogens is 14. The van der Waals surface area contributed by atoms with Crippen LogP contribution in [0.4, 0.5) is 57.1 Å². The van der Waals surface area contributed by atoms with Crippen LogP contribution in [0.5, 0.6) is 0 Å². The second-order valence-electron chi connectivity index (χ2n) is 3.75. The Labute approximate surface area is 153 Å². The summed E-state index contributed by atoms with van der Waals surface area (Å²) in [6, 6.07) is 0. The van der Waals surface area contributed by atoms with E-state index < -0.39 is 42.2 Å². The Bertz CT molecular complexity index is 388. The van der Waals surface area contributed by atoms with Crippen molar-refractivity contribution < 1.29 is 81.1 Å². The predicted octanol–water partition coefficient (Wildman–Crippen LogP) is 1.57. The van der Waals surface area contributed by atoms with Crippen LogP contribution in [-0.2, 0) is 0 Å². The molecule has 23 heavy (non-hydrogen) atoms. The smallest absolute Gasteiger partial charge is 1.00 e. The van der Waals surface area contributed by atoms with Crippen molar-refractivity contribution in [2.45, 2.75) is 42.2 Å². The fourth-order valence-corrected chi connectivity index (χ4v) is 0.959. The molecule has 0 aliphatic carbocycles. The third-order valence-corrected chi connectivity index (χ3v) is 2.31. The van der Waals surface area contributed by atoms with E-state index in [1.54, 1.807) is 0 Å². The molecule has 0 unspecified atom stereocenters. The molecule has 0 amide bonds. The third-order valence-electron chi connectivity index (χ3n) is 2.31. The topological polar surface area (TPSA) is 0 Å². The summed E-state index contributed by atoms with van der Waals surface area (Å²) in [6.45, 7) is 2.01. The van der Waals surface area contributed by atoms with Crippen molar-refractivity contribution >= 4 is 23.1 Å². The van der Waals surface area contributed by atoms with Crippen LogP contribution >= 0.6 is 0 Å². The number of alkyl halides is 13. The van der Waals surface area contributed by atoms with Gasteiger partial charge < -0.3 is 30.9 Å². The van der Waals surface area contributed by atoms with E-state index >= 15 is 0 Å². The van der Waals surface area contributed by atoms with Gasteiger partial charge in [-0.2, -0.15) is 48.3 Å². The van der Waals surface area contributed by atoms with Crippen molar-refractivity contribution in [2.75, 3.05) is 0 Å². The van der Waals surface area contributed by atoms with Crippen molar-refractivity contribution in [3.05, 3.63) is 6.92 Å². The molecule has 0 fully saturated rings. The number of hydrogen-bond acceptors (Lipinski definition) is 0. The van der Waals surface area contributed by atoms with Gasteiger partial charge in [0.1, 0.15) is 0 Å². The van der Waals surface area contributed by atoms with E-state index in [9.17, 15) is 57.1 Å². The van der Waals surface area contributed by atoms with E-state index in [-0.39, 0.29) is 47.0 Å². The second kappa shape index (κ2) is 7.45. The van der Waals surface area contributed by atoms with Gasteiger partial charge in [-0.1, -0.05) is 0 Å². The zero-order chi connectivity index (χ0) is 17.7. The standard InChI is InChI=1S/C8H4F13.HI.Mg/c1-2-3(9,10)4(11,12)5(13,14)6(15,16)7(17,18)8(19,20)21;;/h1-2H2;1H;/q-1;;+2/p-1. The summed E-state index contributed by atoms with van der Waals surface area (Å²) in [5.74, 6) is -36.5. The van der Waals surface area contributed by atoms with Gasteiger partial charge >= 0.3 is 52.9 Å². The molecule has 0 heterocycles. The first-order valence-electron chi connectivity index (χ1n) is 4.56. The van der Waals surface area contributed by atoms with Crippen LogP contribution in [0.15, 0.2) is 0 Å². The van der Waals surface area contributed by atoms with Crippen LogP contribution in [-0.4, -0.2) is 58.8 Å². The molecular weight excluding hydrogens is 494 g/mol. The Morgan fingerprint density at radius 2 is 0.783 bits per heavy atom. The molecule has 0 saturated heterocycles. The van der Waals surface area contributed by atoms with Crippen molar-refractivity contribution in [1.29, 1.82) is 0 Å². The Morgan fingerprint density at radius 1 is 0.522 bits per heavy atom. The van der Waals surface area contributed by atoms with Gasteiger partial charge in [-0.25, -0.2) is 8.78 Å². The average Bonchev–Trinajstić information content (AvgIpc) is 2.26. The number of rotatable bonds is 5. The molecule has 0 saturated carbocycles. The molecule has 0 aromatic carbocycles. The van der Waals surface area contributed by atoms with Gasteiger partial charge in [-0.3, -0.25) is 0 Å². The molecule has 0 bridgehead atoms. The maximum atomic E-state index is 12.7. The first kappa shape index (κ1) is 28.4. The summed E-state index contributed by atoms with van der Waals surface area (Å²) >= 11 is 0. The summed E-state index contributed by atoms with van der Waals surface area (Å²) in [5, 5.41) is 0. The fourth-order valence-electron chi connectivity index (χ4n) is 0.959. The van der Waals surface area contributed by atoms with Crippen molar-refractivity contribution in [3.63, 3.8) is 0 Å². The van der Waals surface area contributed by atoms with Gasteiger partial charge in [0.25, 0.3) is 5.92 Å². The molecule has 0 aliphatic heterocycles. The summed E-state index contributed by atoms with van der Waals surface area (Å²) in [7, 11) is 0. The van der Waals surface area contributed by atoms with Crippen LogP contribution in [0.25, 0.3) is 0 Å². The average molecular weight is 498 g/mol. The largest absolute Gasteiger partial charge is 2.00 e. The molecule has 0 aliphatic rings. The van der Waals surface area contributed by atoms with E-state index in [1.165, 1.54) is 0 Å². The van der Waals surface area contributed by atoms with Crippen LogP contribution < -0.4 is 24.0 Å². The van der Waals surface area contributed by atoms with Crippen molar-refractivity contribution in [2.24, 2.45) is 0 Å². The molecule has 0 spiro atoms. The zero-order valence-corrected chi connectivity index (χ0v) is 14.0. The first-order chi connectivity index (χ1) is 8.81. The molecule has 15 heteroatoms. The summed E-state index contributed by atoms with van der Waals surface area (Å²) in [5.41, 5.74) is 0. The SMILES string of the molecule is [CH2-]CC(F)(F)C(F)(F)C(F)(F)C(F)(F)C(F)(F)C(F)(F)F.[I-].[Mg+2]. The molecule has 0 radical (unpaired) electrons. The molecule has 0 N–H and O–H groups in total.